The highest BCUT2D eigenvalue weighted by atomic mass is 32.2. The summed E-state index contributed by atoms with van der Waals surface area (Å²) in [5.74, 6) is 1.66. The van der Waals surface area contributed by atoms with Crippen LogP contribution in [0.15, 0.2) is 18.2 Å². The van der Waals surface area contributed by atoms with Crippen LogP contribution in [-0.4, -0.2) is 35.3 Å². The Morgan fingerprint density at radius 1 is 1.35 bits per heavy atom. The molecule has 0 amide bonds. The van der Waals surface area contributed by atoms with E-state index in [9.17, 15) is 8.60 Å². The molecule has 3 nitrogen and oxygen atoms in total. The van der Waals surface area contributed by atoms with Crippen molar-refractivity contribution in [3.05, 3.63) is 29.6 Å². The fraction of sp³-hybridized carbons (Fsp3) is 0.600. The first kappa shape index (κ1) is 15.4. The van der Waals surface area contributed by atoms with Crippen molar-refractivity contribution in [1.29, 1.82) is 0 Å². The Morgan fingerprint density at radius 3 is 2.70 bits per heavy atom. The number of nitrogens with zero attached hydrogens (tertiary/aromatic N) is 1. The predicted molar refractivity (Wildman–Crippen MR) is 83.0 cm³/mol. The Kier molecular flexibility index (Phi) is 5.54. The Morgan fingerprint density at radius 2 is 2.05 bits per heavy atom. The van der Waals surface area contributed by atoms with Crippen LogP contribution in [-0.2, 0) is 17.3 Å². The molecule has 0 aromatic heterocycles. The first-order chi connectivity index (χ1) is 9.58. The molecule has 1 aliphatic heterocycles. The average molecular weight is 298 g/mol. The van der Waals surface area contributed by atoms with E-state index in [0.29, 0.717) is 42.7 Å². The summed E-state index contributed by atoms with van der Waals surface area (Å²) in [7, 11) is -0.739. The van der Waals surface area contributed by atoms with E-state index in [2.05, 4.69) is 19.2 Å². The normalized spacial score (nSPS) is 16.9. The van der Waals surface area contributed by atoms with E-state index in [0.717, 1.165) is 12.1 Å². The molecule has 1 aromatic rings. The minimum absolute atomic E-state index is 0.179. The van der Waals surface area contributed by atoms with Crippen molar-refractivity contribution in [3.8, 4) is 0 Å². The van der Waals surface area contributed by atoms with Crippen molar-refractivity contribution in [3.63, 3.8) is 0 Å². The average Bonchev–Trinajstić information content (AvgIpc) is 2.40. The van der Waals surface area contributed by atoms with Gasteiger partial charge in [-0.05, 0) is 24.1 Å². The maximum atomic E-state index is 14.2. The minimum Gasteiger partial charge on any atom is -0.367 e. The SMILES string of the molecule is CC(C)CNCc1cccc(F)c1N1CCS(=O)CC1. The topological polar surface area (TPSA) is 32.3 Å². The Balaban J connectivity index is 2.11. The van der Waals surface area contributed by atoms with Gasteiger partial charge in [-0.25, -0.2) is 4.39 Å². The van der Waals surface area contributed by atoms with Crippen molar-refractivity contribution in [2.45, 2.75) is 20.4 Å². The van der Waals surface area contributed by atoms with E-state index >= 15 is 0 Å². The summed E-state index contributed by atoms with van der Waals surface area (Å²) in [5.41, 5.74) is 1.67. The number of hydrogen-bond acceptors (Lipinski definition) is 3. The molecule has 0 spiro atoms. The van der Waals surface area contributed by atoms with Gasteiger partial charge in [-0.15, -0.1) is 0 Å². The number of halogens is 1. The molecule has 0 radical (unpaired) electrons. The van der Waals surface area contributed by atoms with Gasteiger partial charge in [0, 0.05) is 41.9 Å². The summed E-state index contributed by atoms with van der Waals surface area (Å²) < 4.78 is 25.6. The number of anilines is 1. The van der Waals surface area contributed by atoms with Crippen LogP contribution in [0.1, 0.15) is 19.4 Å². The van der Waals surface area contributed by atoms with Crippen LogP contribution >= 0.6 is 0 Å². The van der Waals surface area contributed by atoms with Gasteiger partial charge in [-0.2, -0.15) is 0 Å². The highest BCUT2D eigenvalue weighted by Crippen LogP contribution is 2.25. The van der Waals surface area contributed by atoms with Crippen molar-refractivity contribution >= 4 is 16.5 Å². The molecule has 1 heterocycles. The lowest BCUT2D eigenvalue weighted by atomic mass is 10.1. The predicted octanol–water partition coefficient (Wildman–Crippen LogP) is 2.14. The zero-order valence-electron chi connectivity index (χ0n) is 12.2. The summed E-state index contributed by atoms with van der Waals surface area (Å²) in [5, 5.41) is 3.36. The zero-order chi connectivity index (χ0) is 14.5. The van der Waals surface area contributed by atoms with E-state index in [1.54, 1.807) is 6.07 Å². The van der Waals surface area contributed by atoms with Gasteiger partial charge in [-0.1, -0.05) is 26.0 Å². The van der Waals surface area contributed by atoms with Crippen molar-refractivity contribution in [2.24, 2.45) is 5.92 Å². The molecule has 0 saturated carbocycles. The first-order valence-electron chi connectivity index (χ1n) is 7.16. The van der Waals surface area contributed by atoms with E-state index < -0.39 is 10.8 Å². The second-order valence-electron chi connectivity index (χ2n) is 5.61. The third-order valence-electron chi connectivity index (χ3n) is 3.43. The molecule has 1 fully saturated rings. The van der Waals surface area contributed by atoms with Crippen LogP contribution in [0, 0.1) is 11.7 Å². The van der Waals surface area contributed by atoms with E-state index in [4.69, 9.17) is 0 Å². The monoisotopic (exact) mass is 298 g/mol. The molecule has 112 valence electrons. The van der Waals surface area contributed by atoms with E-state index in [-0.39, 0.29) is 5.82 Å². The van der Waals surface area contributed by atoms with Crippen molar-refractivity contribution in [1.82, 2.24) is 5.32 Å². The Hall–Kier alpha value is -0.940. The standard InChI is InChI=1S/C15H23FN2OS/c1-12(2)10-17-11-13-4-3-5-14(16)15(13)18-6-8-20(19)9-7-18/h3-5,12,17H,6-11H2,1-2H3. The Labute approximate surface area is 123 Å². The van der Waals surface area contributed by atoms with Gasteiger partial charge in [0.25, 0.3) is 0 Å². The molecule has 2 rings (SSSR count). The molecular formula is C15H23FN2OS. The van der Waals surface area contributed by atoms with Crippen molar-refractivity contribution in [2.75, 3.05) is 36.0 Å². The fourth-order valence-corrected chi connectivity index (χ4v) is 3.47. The van der Waals surface area contributed by atoms with Gasteiger partial charge >= 0.3 is 0 Å². The highest BCUT2D eigenvalue weighted by Gasteiger charge is 2.20. The quantitative estimate of drug-likeness (QED) is 0.904. The molecule has 1 saturated heterocycles. The summed E-state index contributed by atoms with van der Waals surface area (Å²) >= 11 is 0. The number of benzene rings is 1. The van der Waals surface area contributed by atoms with Gasteiger partial charge in [0.1, 0.15) is 5.82 Å². The summed E-state index contributed by atoms with van der Waals surface area (Å²) in [6.07, 6.45) is 0. The highest BCUT2D eigenvalue weighted by molar-refractivity contribution is 7.85. The number of para-hydroxylation sites is 1. The zero-order valence-corrected chi connectivity index (χ0v) is 13.0. The molecule has 1 aliphatic rings. The third kappa shape index (κ3) is 4.03. The first-order valence-corrected chi connectivity index (χ1v) is 8.64. The minimum atomic E-state index is -0.739. The van der Waals surface area contributed by atoms with Crippen LogP contribution in [0.5, 0.6) is 0 Å². The van der Waals surface area contributed by atoms with Crippen LogP contribution in [0.2, 0.25) is 0 Å². The Bertz CT molecular complexity index is 469. The van der Waals surface area contributed by atoms with Gasteiger partial charge in [-0.3, -0.25) is 4.21 Å². The molecule has 1 N–H and O–H groups in total. The second kappa shape index (κ2) is 7.18. The smallest absolute Gasteiger partial charge is 0.146 e. The van der Waals surface area contributed by atoms with Gasteiger partial charge in [0.2, 0.25) is 0 Å². The fourth-order valence-electron chi connectivity index (χ4n) is 2.41. The number of rotatable bonds is 5. The van der Waals surface area contributed by atoms with Crippen LogP contribution < -0.4 is 10.2 Å². The largest absolute Gasteiger partial charge is 0.367 e. The third-order valence-corrected chi connectivity index (χ3v) is 4.71. The molecule has 20 heavy (non-hydrogen) atoms. The van der Waals surface area contributed by atoms with Gasteiger partial charge in [0.15, 0.2) is 0 Å². The van der Waals surface area contributed by atoms with Crippen LogP contribution in [0.4, 0.5) is 10.1 Å². The van der Waals surface area contributed by atoms with E-state index in [1.165, 1.54) is 6.07 Å². The van der Waals surface area contributed by atoms with Crippen LogP contribution in [0.25, 0.3) is 0 Å². The lowest BCUT2D eigenvalue weighted by molar-refractivity contribution is 0.549. The maximum Gasteiger partial charge on any atom is 0.146 e. The van der Waals surface area contributed by atoms with Gasteiger partial charge < -0.3 is 10.2 Å². The number of hydrogen-bond donors (Lipinski definition) is 1. The molecule has 0 bridgehead atoms. The molecular weight excluding hydrogens is 275 g/mol. The molecule has 1 aromatic carbocycles. The summed E-state index contributed by atoms with van der Waals surface area (Å²) in [6.45, 7) is 7.24. The summed E-state index contributed by atoms with van der Waals surface area (Å²) in [6, 6.07) is 5.23. The molecule has 0 atom stereocenters. The summed E-state index contributed by atoms with van der Waals surface area (Å²) in [4.78, 5) is 2.03. The number of nitrogens with one attached hydrogen (secondary N) is 1. The lowest BCUT2D eigenvalue weighted by Crippen LogP contribution is -2.39. The second-order valence-corrected chi connectivity index (χ2v) is 7.30. The molecule has 0 unspecified atom stereocenters. The van der Waals surface area contributed by atoms with Crippen molar-refractivity contribution < 1.29 is 8.60 Å². The molecule has 0 aliphatic carbocycles. The molecule has 5 heteroatoms. The van der Waals surface area contributed by atoms with Crippen LogP contribution in [0.3, 0.4) is 0 Å². The van der Waals surface area contributed by atoms with Gasteiger partial charge in [0.05, 0.1) is 5.69 Å². The van der Waals surface area contributed by atoms with E-state index in [1.807, 2.05) is 11.0 Å². The maximum absolute atomic E-state index is 14.2. The lowest BCUT2D eigenvalue weighted by Gasteiger charge is -2.30.